The summed E-state index contributed by atoms with van der Waals surface area (Å²) in [5.41, 5.74) is -4.25. The first-order valence-corrected chi connectivity index (χ1v) is 11.5. The maximum absolute atomic E-state index is 13.6. The second-order valence-corrected chi connectivity index (χ2v) is 8.78. The van der Waals surface area contributed by atoms with Crippen molar-refractivity contribution in [2.45, 2.75) is 25.6 Å². The lowest BCUT2D eigenvalue weighted by Crippen LogP contribution is -2.41. The van der Waals surface area contributed by atoms with Gasteiger partial charge in [0.2, 0.25) is 0 Å². The molecule has 2 aromatic rings. The first kappa shape index (κ1) is 28.9. The third-order valence-corrected chi connectivity index (χ3v) is 6.32. The molecule has 4 N–H and O–H groups in total. The molecule has 0 bridgehead atoms. The van der Waals surface area contributed by atoms with Crippen molar-refractivity contribution in [3.63, 3.8) is 0 Å². The normalized spacial score (nSPS) is 14.9. The minimum atomic E-state index is -4.85. The number of hydrogen-bond donors (Lipinski definition) is 4. The second kappa shape index (κ2) is 10.8. The Labute approximate surface area is 217 Å². The van der Waals surface area contributed by atoms with Crippen LogP contribution in [0.5, 0.6) is 0 Å². The number of amides is 2. The zero-order chi connectivity index (χ0) is 28.7. The maximum atomic E-state index is 13.6. The van der Waals surface area contributed by atoms with Crippen molar-refractivity contribution in [3.8, 4) is 0 Å². The van der Waals surface area contributed by atoms with E-state index >= 15 is 0 Å². The van der Waals surface area contributed by atoms with Crippen LogP contribution in [0.4, 0.5) is 26.3 Å². The third kappa shape index (κ3) is 5.91. The smallest absolute Gasteiger partial charge is 0.423 e. The first-order chi connectivity index (χ1) is 18.2. The van der Waals surface area contributed by atoms with Crippen molar-refractivity contribution < 1.29 is 60.4 Å². The van der Waals surface area contributed by atoms with Crippen LogP contribution in [0, 0.1) is 0 Å². The Morgan fingerprint density at radius 1 is 0.846 bits per heavy atom. The van der Waals surface area contributed by atoms with Crippen molar-refractivity contribution in [1.29, 1.82) is 0 Å². The van der Waals surface area contributed by atoms with Gasteiger partial charge in [-0.15, -0.1) is 0 Å². The van der Waals surface area contributed by atoms with Crippen molar-refractivity contribution >= 4 is 37.0 Å². The molecule has 0 spiro atoms. The molecular formula is C22H20B2F6N2O7. The summed E-state index contributed by atoms with van der Waals surface area (Å²) >= 11 is 0. The van der Waals surface area contributed by atoms with Crippen molar-refractivity contribution in [1.82, 2.24) is 10.2 Å². The average molecular weight is 560 g/mol. The number of carbonyl (C=O) groups is 2. The average Bonchev–Trinajstić information content (AvgIpc) is 3.43. The standard InChI is InChI=1S/C22H20B2F6N2O7/c25-21(26,27)15-5-11(7-17-13(15)9-38-23(17)36)19(34)31-1-2-32(3-4-33)20(35)12-6-16(22(28,29)30)14-10-39-24(37)18(14)8-12/h5-8,33,36-37H,1-4,9-10H2,(H,31,34). The van der Waals surface area contributed by atoms with E-state index in [4.69, 9.17) is 9.31 Å². The molecule has 0 unspecified atom stereocenters. The molecule has 0 saturated heterocycles. The third-order valence-electron chi connectivity index (χ3n) is 6.32. The van der Waals surface area contributed by atoms with Crippen LogP contribution < -0.4 is 16.2 Å². The Bertz CT molecular complexity index is 1290. The summed E-state index contributed by atoms with van der Waals surface area (Å²) in [4.78, 5) is 26.6. The van der Waals surface area contributed by atoms with Crippen molar-refractivity contribution in [3.05, 3.63) is 57.6 Å². The molecule has 17 heteroatoms. The van der Waals surface area contributed by atoms with E-state index in [9.17, 15) is 51.1 Å². The molecule has 0 radical (unpaired) electrons. The van der Waals surface area contributed by atoms with Gasteiger partial charge in [0.15, 0.2) is 0 Å². The van der Waals surface area contributed by atoms with Crippen LogP contribution in [-0.4, -0.2) is 72.3 Å². The number of aliphatic hydroxyl groups is 1. The number of hydrogen-bond acceptors (Lipinski definition) is 7. The van der Waals surface area contributed by atoms with Gasteiger partial charge in [-0.2, -0.15) is 26.3 Å². The lowest BCUT2D eigenvalue weighted by atomic mass is 9.77. The number of halogens is 6. The molecule has 2 amide bonds. The van der Waals surface area contributed by atoms with Gasteiger partial charge >= 0.3 is 26.6 Å². The van der Waals surface area contributed by atoms with E-state index in [-0.39, 0.29) is 41.7 Å². The van der Waals surface area contributed by atoms with E-state index in [0.717, 1.165) is 17.0 Å². The number of alkyl halides is 6. The van der Waals surface area contributed by atoms with Gasteiger partial charge in [-0.1, -0.05) is 0 Å². The molecule has 0 aromatic heterocycles. The summed E-state index contributed by atoms with van der Waals surface area (Å²) in [6, 6.07) is 3.29. The molecule has 208 valence electrons. The Balaban J connectivity index is 1.51. The Hall–Kier alpha value is -3.11. The highest BCUT2D eigenvalue weighted by Crippen LogP contribution is 2.35. The number of nitrogens with one attached hydrogen (secondary N) is 1. The highest BCUT2D eigenvalue weighted by molar-refractivity contribution is 6.62. The molecule has 0 atom stereocenters. The molecule has 39 heavy (non-hydrogen) atoms. The largest absolute Gasteiger partial charge is 0.491 e. The lowest BCUT2D eigenvalue weighted by molar-refractivity contribution is -0.139. The molecule has 2 heterocycles. The molecular weight excluding hydrogens is 540 g/mol. The Morgan fingerprint density at radius 2 is 1.33 bits per heavy atom. The van der Waals surface area contributed by atoms with Crippen LogP contribution >= 0.6 is 0 Å². The van der Waals surface area contributed by atoms with Gasteiger partial charge < -0.3 is 34.7 Å². The minimum Gasteiger partial charge on any atom is -0.423 e. The molecule has 2 aromatic carbocycles. The van der Waals surface area contributed by atoms with Crippen molar-refractivity contribution in [2.24, 2.45) is 0 Å². The van der Waals surface area contributed by atoms with Crippen LogP contribution in [0.15, 0.2) is 24.3 Å². The summed E-state index contributed by atoms with van der Waals surface area (Å²) in [6.45, 7) is -2.59. The highest BCUT2D eigenvalue weighted by atomic mass is 19.4. The van der Waals surface area contributed by atoms with Crippen molar-refractivity contribution in [2.75, 3.05) is 26.2 Å². The molecule has 9 nitrogen and oxygen atoms in total. The molecule has 4 rings (SSSR count). The maximum Gasteiger partial charge on any atom is 0.491 e. The van der Waals surface area contributed by atoms with E-state index < -0.39 is 80.5 Å². The number of benzene rings is 2. The minimum absolute atomic E-state index is 0.213. The van der Waals surface area contributed by atoms with Gasteiger partial charge in [-0.05, 0) is 46.3 Å². The summed E-state index contributed by atoms with van der Waals surface area (Å²) in [7, 11) is -3.32. The molecule has 0 fully saturated rings. The van der Waals surface area contributed by atoms with Gasteiger partial charge in [0, 0.05) is 30.8 Å². The highest BCUT2D eigenvalue weighted by Gasteiger charge is 2.42. The van der Waals surface area contributed by atoms with Crippen LogP contribution in [0.2, 0.25) is 0 Å². The van der Waals surface area contributed by atoms with Gasteiger partial charge in [0.05, 0.1) is 30.9 Å². The van der Waals surface area contributed by atoms with Crippen LogP contribution in [-0.2, 0) is 34.9 Å². The van der Waals surface area contributed by atoms with E-state index in [1.54, 1.807) is 0 Å². The number of fused-ring (bicyclic) bond motifs is 2. The SMILES string of the molecule is O=C(NCCN(CCO)C(=O)c1cc2c(c(C(F)(F)F)c1)COB2O)c1cc2c(c(C(F)(F)F)c1)COB2O. The summed E-state index contributed by atoms with van der Waals surface area (Å²) in [5, 5.41) is 31.4. The first-order valence-electron chi connectivity index (χ1n) is 11.5. The number of carbonyl (C=O) groups excluding carboxylic acids is 2. The monoisotopic (exact) mass is 560 g/mol. The Morgan fingerprint density at radius 3 is 1.82 bits per heavy atom. The molecule has 2 aliphatic rings. The topological polar surface area (TPSA) is 129 Å². The van der Waals surface area contributed by atoms with Crippen LogP contribution in [0.25, 0.3) is 0 Å². The van der Waals surface area contributed by atoms with Crippen LogP contribution in [0.3, 0.4) is 0 Å². The van der Waals surface area contributed by atoms with Gasteiger partial charge in [0.25, 0.3) is 11.8 Å². The zero-order valence-corrected chi connectivity index (χ0v) is 19.9. The molecule has 0 aliphatic carbocycles. The predicted molar refractivity (Wildman–Crippen MR) is 123 cm³/mol. The Kier molecular flexibility index (Phi) is 8.01. The van der Waals surface area contributed by atoms with E-state index in [1.165, 1.54) is 0 Å². The number of aliphatic hydroxyl groups excluding tert-OH is 1. The zero-order valence-electron chi connectivity index (χ0n) is 19.9. The number of nitrogens with zero attached hydrogens (tertiary/aromatic N) is 1. The predicted octanol–water partition coefficient (Wildman–Crippen LogP) is 0.0241. The quantitative estimate of drug-likeness (QED) is 0.278. The lowest BCUT2D eigenvalue weighted by Gasteiger charge is -2.23. The fourth-order valence-electron chi connectivity index (χ4n) is 4.44. The second-order valence-electron chi connectivity index (χ2n) is 8.78. The van der Waals surface area contributed by atoms with E-state index in [2.05, 4.69) is 5.32 Å². The van der Waals surface area contributed by atoms with Gasteiger partial charge in [0.1, 0.15) is 0 Å². The van der Waals surface area contributed by atoms with Crippen LogP contribution in [0.1, 0.15) is 43.0 Å². The summed E-state index contributed by atoms with van der Waals surface area (Å²) < 4.78 is 90.9. The summed E-state index contributed by atoms with van der Waals surface area (Å²) in [5.74, 6) is -1.93. The molecule has 0 saturated carbocycles. The number of rotatable bonds is 7. The fourth-order valence-corrected chi connectivity index (χ4v) is 4.44. The summed E-state index contributed by atoms with van der Waals surface area (Å²) in [6.07, 6.45) is -9.69. The fraction of sp³-hybridized carbons (Fsp3) is 0.364. The van der Waals surface area contributed by atoms with Gasteiger partial charge in [-0.25, -0.2) is 0 Å². The van der Waals surface area contributed by atoms with E-state index in [0.29, 0.717) is 12.1 Å². The molecule has 2 aliphatic heterocycles. The van der Waals surface area contributed by atoms with E-state index in [1.807, 2.05) is 0 Å². The van der Waals surface area contributed by atoms with Gasteiger partial charge in [-0.3, -0.25) is 9.59 Å².